The van der Waals surface area contributed by atoms with Crippen molar-refractivity contribution in [3.8, 4) is 0 Å². The summed E-state index contributed by atoms with van der Waals surface area (Å²) in [5.41, 5.74) is 9.36. The Bertz CT molecular complexity index is 561. The van der Waals surface area contributed by atoms with Crippen LogP contribution in [0.25, 0.3) is 0 Å². The molecule has 3 N–H and O–H groups in total. The molecule has 0 saturated heterocycles. The van der Waals surface area contributed by atoms with Crippen LogP contribution in [0, 0.1) is 6.92 Å². The van der Waals surface area contributed by atoms with Crippen molar-refractivity contribution >= 4 is 11.6 Å². The van der Waals surface area contributed by atoms with E-state index in [0.717, 1.165) is 6.42 Å². The zero-order valence-electron chi connectivity index (χ0n) is 11.0. The summed E-state index contributed by atoms with van der Waals surface area (Å²) in [5.74, 6) is -0.0624. The van der Waals surface area contributed by atoms with Crippen molar-refractivity contribution in [2.45, 2.75) is 13.3 Å². The van der Waals surface area contributed by atoms with E-state index in [4.69, 9.17) is 5.73 Å². The molecular weight excluding hydrogens is 236 g/mol. The smallest absolute Gasteiger partial charge is 0.251 e. The van der Waals surface area contributed by atoms with Crippen molar-refractivity contribution in [2.75, 3.05) is 12.3 Å². The zero-order chi connectivity index (χ0) is 13.7. The minimum atomic E-state index is -0.0624. The van der Waals surface area contributed by atoms with Crippen LogP contribution < -0.4 is 11.1 Å². The molecule has 19 heavy (non-hydrogen) atoms. The molecule has 0 aliphatic rings. The molecule has 0 aliphatic heterocycles. The number of nitrogens with one attached hydrogen (secondary N) is 1. The number of amides is 1. The molecule has 98 valence electrons. The molecule has 0 saturated carbocycles. The lowest BCUT2D eigenvalue weighted by atomic mass is 10.1. The number of benzene rings is 2. The highest BCUT2D eigenvalue weighted by atomic mass is 16.1. The second kappa shape index (κ2) is 6.05. The van der Waals surface area contributed by atoms with Crippen LogP contribution >= 0.6 is 0 Å². The van der Waals surface area contributed by atoms with Gasteiger partial charge in [-0.05, 0) is 43.2 Å². The van der Waals surface area contributed by atoms with Gasteiger partial charge in [0.25, 0.3) is 5.91 Å². The maximum Gasteiger partial charge on any atom is 0.251 e. The molecule has 0 fully saturated rings. The van der Waals surface area contributed by atoms with E-state index in [1.165, 1.54) is 11.1 Å². The number of carbonyl (C=O) groups excluding carboxylic acids is 1. The summed E-state index contributed by atoms with van der Waals surface area (Å²) in [4.78, 5) is 11.9. The lowest BCUT2D eigenvalue weighted by Gasteiger charge is -2.06. The molecule has 0 atom stereocenters. The Morgan fingerprint density at radius 2 is 1.89 bits per heavy atom. The molecule has 0 heterocycles. The van der Waals surface area contributed by atoms with Crippen LogP contribution in [-0.4, -0.2) is 12.5 Å². The first-order valence-electron chi connectivity index (χ1n) is 6.34. The Labute approximate surface area is 113 Å². The van der Waals surface area contributed by atoms with E-state index in [1.54, 1.807) is 24.3 Å². The van der Waals surface area contributed by atoms with Crippen LogP contribution in [0.5, 0.6) is 0 Å². The minimum absolute atomic E-state index is 0.0624. The van der Waals surface area contributed by atoms with Crippen LogP contribution in [0.15, 0.2) is 48.5 Å². The first-order valence-corrected chi connectivity index (χ1v) is 6.34. The van der Waals surface area contributed by atoms with Gasteiger partial charge in [-0.25, -0.2) is 0 Å². The average molecular weight is 254 g/mol. The molecule has 2 aromatic carbocycles. The maximum atomic E-state index is 11.9. The van der Waals surface area contributed by atoms with Gasteiger partial charge in [-0.1, -0.05) is 29.8 Å². The lowest BCUT2D eigenvalue weighted by Crippen LogP contribution is -2.25. The maximum absolute atomic E-state index is 11.9. The number of anilines is 1. The monoisotopic (exact) mass is 254 g/mol. The molecule has 2 rings (SSSR count). The average Bonchev–Trinajstić information content (AvgIpc) is 2.39. The van der Waals surface area contributed by atoms with E-state index in [0.29, 0.717) is 17.8 Å². The standard InChI is InChI=1S/C16H18N2O/c1-12-3-2-4-13(11-12)9-10-18-16(19)14-5-7-15(17)8-6-14/h2-8,11H,9-10,17H2,1H3,(H,18,19). The summed E-state index contributed by atoms with van der Waals surface area (Å²) in [5, 5.41) is 2.91. The number of carbonyl (C=O) groups is 1. The number of nitrogen functional groups attached to an aromatic ring is 1. The summed E-state index contributed by atoms with van der Waals surface area (Å²) < 4.78 is 0. The first-order chi connectivity index (χ1) is 9.15. The van der Waals surface area contributed by atoms with E-state index in [2.05, 4.69) is 30.4 Å². The van der Waals surface area contributed by atoms with Gasteiger partial charge in [0.15, 0.2) is 0 Å². The van der Waals surface area contributed by atoms with Gasteiger partial charge in [0.05, 0.1) is 0 Å². The molecule has 3 heteroatoms. The number of hydrogen-bond donors (Lipinski definition) is 2. The van der Waals surface area contributed by atoms with Crippen molar-refractivity contribution in [1.82, 2.24) is 5.32 Å². The topological polar surface area (TPSA) is 55.1 Å². The predicted molar refractivity (Wildman–Crippen MR) is 78.1 cm³/mol. The van der Waals surface area contributed by atoms with E-state index < -0.39 is 0 Å². The number of nitrogens with two attached hydrogens (primary N) is 1. The van der Waals surface area contributed by atoms with Gasteiger partial charge in [0.1, 0.15) is 0 Å². The Hall–Kier alpha value is -2.29. The fourth-order valence-electron chi connectivity index (χ4n) is 1.92. The molecule has 2 aromatic rings. The summed E-state index contributed by atoms with van der Waals surface area (Å²) >= 11 is 0. The van der Waals surface area contributed by atoms with Crippen molar-refractivity contribution < 1.29 is 4.79 Å². The lowest BCUT2D eigenvalue weighted by molar-refractivity contribution is 0.0954. The zero-order valence-corrected chi connectivity index (χ0v) is 11.0. The highest BCUT2D eigenvalue weighted by Gasteiger charge is 2.04. The van der Waals surface area contributed by atoms with Gasteiger partial charge in [-0.2, -0.15) is 0 Å². The second-order valence-corrected chi connectivity index (χ2v) is 4.62. The van der Waals surface area contributed by atoms with Crippen molar-refractivity contribution in [3.63, 3.8) is 0 Å². The molecule has 0 bridgehead atoms. The van der Waals surface area contributed by atoms with E-state index in [9.17, 15) is 4.79 Å². The highest BCUT2D eigenvalue weighted by Crippen LogP contribution is 2.06. The number of hydrogen-bond acceptors (Lipinski definition) is 2. The summed E-state index contributed by atoms with van der Waals surface area (Å²) in [6, 6.07) is 15.2. The quantitative estimate of drug-likeness (QED) is 0.824. The number of rotatable bonds is 4. The third kappa shape index (κ3) is 3.85. The first kappa shape index (κ1) is 13.1. The third-order valence-corrected chi connectivity index (χ3v) is 2.95. The molecule has 1 amide bonds. The largest absolute Gasteiger partial charge is 0.399 e. The molecule has 0 aliphatic carbocycles. The van der Waals surface area contributed by atoms with Crippen LogP contribution in [0.4, 0.5) is 5.69 Å². The highest BCUT2D eigenvalue weighted by molar-refractivity contribution is 5.94. The van der Waals surface area contributed by atoms with Gasteiger partial charge >= 0.3 is 0 Å². The molecule has 0 spiro atoms. The van der Waals surface area contributed by atoms with Crippen LogP contribution in [0.2, 0.25) is 0 Å². The summed E-state index contributed by atoms with van der Waals surface area (Å²) in [6.07, 6.45) is 0.836. The Morgan fingerprint density at radius 1 is 1.16 bits per heavy atom. The third-order valence-electron chi connectivity index (χ3n) is 2.95. The van der Waals surface area contributed by atoms with Gasteiger partial charge < -0.3 is 11.1 Å². The van der Waals surface area contributed by atoms with E-state index >= 15 is 0 Å². The SMILES string of the molecule is Cc1cccc(CCNC(=O)c2ccc(N)cc2)c1. The number of aryl methyl sites for hydroxylation is 1. The predicted octanol–water partition coefficient (Wildman–Crippen LogP) is 2.55. The van der Waals surface area contributed by atoms with Crippen LogP contribution in [-0.2, 0) is 6.42 Å². The molecule has 0 aromatic heterocycles. The molecule has 0 radical (unpaired) electrons. The molecule has 0 unspecified atom stereocenters. The Kier molecular flexibility index (Phi) is 4.18. The Morgan fingerprint density at radius 3 is 2.58 bits per heavy atom. The van der Waals surface area contributed by atoms with Crippen molar-refractivity contribution in [1.29, 1.82) is 0 Å². The van der Waals surface area contributed by atoms with Gasteiger partial charge in [0.2, 0.25) is 0 Å². The molecular formula is C16H18N2O. The van der Waals surface area contributed by atoms with Crippen LogP contribution in [0.3, 0.4) is 0 Å². The minimum Gasteiger partial charge on any atom is -0.399 e. The fraction of sp³-hybridized carbons (Fsp3) is 0.188. The second-order valence-electron chi connectivity index (χ2n) is 4.62. The summed E-state index contributed by atoms with van der Waals surface area (Å²) in [7, 11) is 0. The van der Waals surface area contributed by atoms with Crippen molar-refractivity contribution in [2.24, 2.45) is 0 Å². The van der Waals surface area contributed by atoms with E-state index in [1.807, 2.05) is 6.07 Å². The fourth-order valence-corrected chi connectivity index (χ4v) is 1.92. The van der Waals surface area contributed by atoms with Gasteiger partial charge in [-0.15, -0.1) is 0 Å². The van der Waals surface area contributed by atoms with Gasteiger partial charge in [0, 0.05) is 17.8 Å². The molecule has 3 nitrogen and oxygen atoms in total. The van der Waals surface area contributed by atoms with Gasteiger partial charge in [-0.3, -0.25) is 4.79 Å². The van der Waals surface area contributed by atoms with E-state index in [-0.39, 0.29) is 5.91 Å². The normalized spacial score (nSPS) is 10.2. The van der Waals surface area contributed by atoms with Crippen molar-refractivity contribution in [3.05, 3.63) is 65.2 Å². The van der Waals surface area contributed by atoms with Crippen LogP contribution in [0.1, 0.15) is 21.5 Å². The summed E-state index contributed by atoms with van der Waals surface area (Å²) in [6.45, 7) is 2.70. The Balaban J connectivity index is 1.86.